The molecule has 1 aromatic heterocycles. The van der Waals surface area contributed by atoms with Crippen molar-refractivity contribution in [3.63, 3.8) is 0 Å². The lowest BCUT2D eigenvalue weighted by Crippen LogP contribution is -2.21. The van der Waals surface area contributed by atoms with Crippen molar-refractivity contribution in [1.29, 1.82) is 0 Å². The number of rotatable bonds is 2. The summed E-state index contributed by atoms with van der Waals surface area (Å²) in [5.74, 6) is -0.209. The van der Waals surface area contributed by atoms with E-state index in [1.165, 1.54) is 30.3 Å². The number of halogens is 4. The maximum atomic E-state index is 13.1. The van der Waals surface area contributed by atoms with Gasteiger partial charge in [0.1, 0.15) is 17.3 Å². The Morgan fingerprint density at radius 1 is 1.26 bits per heavy atom. The van der Waals surface area contributed by atoms with Crippen molar-refractivity contribution < 1.29 is 27.4 Å². The van der Waals surface area contributed by atoms with E-state index in [0.29, 0.717) is 23.5 Å². The van der Waals surface area contributed by atoms with Gasteiger partial charge in [0.25, 0.3) is 0 Å². The van der Waals surface area contributed by atoms with Crippen molar-refractivity contribution in [2.24, 2.45) is 0 Å². The van der Waals surface area contributed by atoms with Crippen LogP contribution in [0.15, 0.2) is 30.3 Å². The van der Waals surface area contributed by atoms with E-state index in [-0.39, 0.29) is 11.6 Å². The van der Waals surface area contributed by atoms with Crippen LogP contribution in [0, 0.1) is 5.82 Å². The minimum atomic E-state index is -4.82. The first-order valence-electron chi connectivity index (χ1n) is 6.95. The summed E-state index contributed by atoms with van der Waals surface area (Å²) in [5.41, 5.74) is 0.656. The quantitative estimate of drug-likeness (QED) is 0.849. The largest absolute Gasteiger partial charge is 0.490 e. The number of benzene rings is 1. The van der Waals surface area contributed by atoms with Crippen molar-refractivity contribution in [1.82, 2.24) is 4.98 Å². The summed E-state index contributed by atoms with van der Waals surface area (Å²) in [5, 5.41) is 9.50. The minimum absolute atomic E-state index is 0.119. The van der Waals surface area contributed by atoms with Crippen molar-refractivity contribution in [3.8, 4) is 17.0 Å². The lowest BCUT2D eigenvalue weighted by molar-refractivity contribution is -0.207. The van der Waals surface area contributed by atoms with Crippen LogP contribution in [0.5, 0.6) is 5.75 Å². The van der Waals surface area contributed by atoms with Crippen molar-refractivity contribution in [2.45, 2.75) is 25.1 Å². The topological polar surface area (TPSA) is 42.4 Å². The highest BCUT2D eigenvalue weighted by Gasteiger charge is 2.41. The van der Waals surface area contributed by atoms with E-state index in [2.05, 4.69) is 4.98 Å². The Kier molecular flexibility index (Phi) is 3.75. The highest BCUT2D eigenvalue weighted by molar-refractivity contribution is 5.70. The van der Waals surface area contributed by atoms with Crippen molar-refractivity contribution in [2.75, 3.05) is 6.61 Å². The van der Waals surface area contributed by atoms with E-state index in [1.54, 1.807) is 0 Å². The van der Waals surface area contributed by atoms with Crippen LogP contribution in [0.1, 0.15) is 30.2 Å². The zero-order valence-electron chi connectivity index (χ0n) is 12.1. The number of nitrogens with zero attached hydrogens (tertiary/aromatic N) is 1. The number of aliphatic hydroxyl groups is 1. The zero-order chi connectivity index (χ0) is 16.8. The molecule has 2 atom stereocenters. The lowest BCUT2D eigenvalue weighted by atomic mass is 9.98. The van der Waals surface area contributed by atoms with Crippen LogP contribution >= 0.6 is 0 Å². The summed E-state index contributed by atoms with van der Waals surface area (Å²) in [4.78, 5) is 3.93. The van der Waals surface area contributed by atoms with Crippen LogP contribution in [-0.4, -0.2) is 22.9 Å². The molecule has 2 heterocycles. The number of aliphatic hydroxyl groups excluding tert-OH is 1. The number of alkyl halides is 3. The van der Waals surface area contributed by atoms with Gasteiger partial charge in [-0.3, -0.25) is 0 Å². The zero-order valence-corrected chi connectivity index (χ0v) is 12.1. The number of fused-ring (bicyclic) bond motifs is 1. The molecule has 0 saturated carbocycles. The number of hydrogen-bond donors (Lipinski definition) is 1. The van der Waals surface area contributed by atoms with E-state index in [9.17, 15) is 22.7 Å². The molecule has 122 valence electrons. The predicted octanol–water partition coefficient (Wildman–Crippen LogP) is 3.98. The summed E-state index contributed by atoms with van der Waals surface area (Å²) in [7, 11) is 0. The van der Waals surface area contributed by atoms with Gasteiger partial charge in [-0.25, -0.2) is 9.37 Å². The third-order valence-electron chi connectivity index (χ3n) is 3.74. The monoisotopic (exact) mass is 327 g/mol. The average Bonchev–Trinajstić information content (AvgIpc) is 2.87. The van der Waals surface area contributed by atoms with Crippen LogP contribution in [0.3, 0.4) is 0 Å². The molecule has 1 N–H and O–H groups in total. The van der Waals surface area contributed by atoms with Gasteiger partial charge in [0, 0.05) is 17.0 Å². The second kappa shape index (κ2) is 5.49. The van der Waals surface area contributed by atoms with Crippen molar-refractivity contribution in [3.05, 3.63) is 47.4 Å². The molecule has 1 aliphatic heterocycles. The molecule has 0 saturated heterocycles. The number of ether oxygens (including phenoxy) is 1. The molecule has 3 nitrogen and oxygen atoms in total. The van der Waals surface area contributed by atoms with Crippen LogP contribution in [-0.2, 0) is 0 Å². The minimum Gasteiger partial charge on any atom is -0.490 e. The molecule has 2 aromatic rings. The summed E-state index contributed by atoms with van der Waals surface area (Å²) in [6.07, 6.45) is -7.50. The molecular weight excluding hydrogens is 314 g/mol. The second-order valence-corrected chi connectivity index (χ2v) is 5.48. The number of hydrogen-bond acceptors (Lipinski definition) is 3. The number of pyridine rings is 1. The predicted molar refractivity (Wildman–Crippen MR) is 74.6 cm³/mol. The Morgan fingerprint density at radius 3 is 2.52 bits per heavy atom. The van der Waals surface area contributed by atoms with E-state index in [1.807, 2.05) is 6.92 Å². The Balaban J connectivity index is 2.17. The molecule has 0 radical (unpaired) electrons. The highest BCUT2D eigenvalue weighted by atomic mass is 19.4. The highest BCUT2D eigenvalue weighted by Crippen LogP contribution is 2.43. The molecular formula is C16H13F4NO2. The van der Waals surface area contributed by atoms with Crippen LogP contribution in [0.2, 0.25) is 0 Å². The van der Waals surface area contributed by atoms with E-state index < -0.39 is 23.8 Å². The first-order valence-corrected chi connectivity index (χ1v) is 6.95. The van der Waals surface area contributed by atoms with E-state index in [0.717, 1.165) is 0 Å². The van der Waals surface area contributed by atoms with Gasteiger partial charge in [0.15, 0.2) is 6.10 Å². The number of aromatic nitrogens is 1. The normalized spacial score (nSPS) is 18.4. The van der Waals surface area contributed by atoms with Gasteiger partial charge in [-0.2, -0.15) is 13.2 Å². The van der Waals surface area contributed by atoms with Gasteiger partial charge >= 0.3 is 6.18 Å². The van der Waals surface area contributed by atoms with Crippen molar-refractivity contribution >= 4 is 0 Å². The molecule has 1 aliphatic rings. The molecule has 0 amide bonds. The van der Waals surface area contributed by atoms with E-state index in [4.69, 9.17) is 4.74 Å². The summed E-state index contributed by atoms with van der Waals surface area (Å²) < 4.78 is 57.0. The van der Waals surface area contributed by atoms with Gasteiger partial charge in [-0.1, -0.05) is 6.92 Å². The average molecular weight is 327 g/mol. The molecule has 0 spiro atoms. The van der Waals surface area contributed by atoms with Gasteiger partial charge in [0.05, 0.1) is 12.3 Å². The van der Waals surface area contributed by atoms with Crippen LogP contribution < -0.4 is 4.74 Å². The molecule has 1 aromatic carbocycles. The second-order valence-electron chi connectivity index (χ2n) is 5.48. The van der Waals surface area contributed by atoms with Gasteiger partial charge in [-0.05, 0) is 30.3 Å². The fourth-order valence-corrected chi connectivity index (χ4v) is 2.50. The Hall–Kier alpha value is -2.15. The standard InChI is InChI=1S/C16H13F4NO2/c1-8-7-23-14-11(8)6-12(15(22)16(18,19)20)21-13(14)9-2-4-10(17)5-3-9/h2-6,8,15,22H,7H2,1H3. The molecule has 0 aliphatic carbocycles. The molecule has 2 unspecified atom stereocenters. The van der Waals surface area contributed by atoms with Gasteiger partial charge < -0.3 is 9.84 Å². The summed E-state index contributed by atoms with van der Waals surface area (Å²) >= 11 is 0. The molecule has 23 heavy (non-hydrogen) atoms. The Labute approximate surface area is 129 Å². The van der Waals surface area contributed by atoms with E-state index >= 15 is 0 Å². The first-order chi connectivity index (χ1) is 10.8. The molecule has 0 bridgehead atoms. The lowest BCUT2D eigenvalue weighted by Gasteiger charge is -2.17. The first kappa shape index (κ1) is 15.7. The summed E-state index contributed by atoms with van der Waals surface area (Å²) in [6.45, 7) is 2.13. The molecule has 7 heteroatoms. The third-order valence-corrected chi connectivity index (χ3v) is 3.74. The smallest absolute Gasteiger partial charge is 0.420 e. The molecule has 0 fully saturated rings. The fraction of sp³-hybridized carbons (Fsp3) is 0.312. The Morgan fingerprint density at radius 2 is 1.91 bits per heavy atom. The van der Waals surface area contributed by atoms with Gasteiger partial charge in [-0.15, -0.1) is 0 Å². The SMILES string of the molecule is CC1COc2c1cc(C(O)C(F)(F)F)nc2-c1ccc(F)cc1. The van der Waals surface area contributed by atoms with Crippen LogP contribution in [0.25, 0.3) is 11.3 Å². The Bertz CT molecular complexity index is 728. The fourth-order valence-electron chi connectivity index (χ4n) is 2.50. The third kappa shape index (κ3) is 2.88. The van der Waals surface area contributed by atoms with Crippen LogP contribution in [0.4, 0.5) is 17.6 Å². The molecule has 3 rings (SSSR count). The summed E-state index contributed by atoms with van der Waals surface area (Å²) in [6, 6.07) is 6.42. The van der Waals surface area contributed by atoms with Gasteiger partial charge in [0.2, 0.25) is 0 Å². The maximum absolute atomic E-state index is 13.1. The maximum Gasteiger partial charge on any atom is 0.420 e.